The zero-order chi connectivity index (χ0) is 14.8. The Bertz CT molecular complexity index is 711. The molecular formula is C15H16BrNO2S. The monoisotopic (exact) mass is 353 g/mol. The quantitative estimate of drug-likeness (QED) is 0.835. The van der Waals surface area contributed by atoms with Gasteiger partial charge in [0.2, 0.25) is 0 Å². The molecule has 3 nitrogen and oxygen atoms in total. The summed E-state index contributed by atoms with van der Waals surface area (Å²) < 4.78 is 27.6. The highest BCUT2D eigenvalue weighted by Crippen LogP contribution is 2.30. The lowest BCUT2D eigenvalue weighted by atomic mass is 10.1. The number of hydrogen-bond donors (Lipinski definition) is 1. The molecule has 0 fully saturated rings. The van der Waals surface area contributed by atoms with Crippen LogP contribution in [-0.4, -0.2) is 8.42 Å². The van der Waals surface area contributed by atoms with Crippen molar-refractivity contribution in [2.24, 2.45) is 0 Å². The Kier molecular flexibility index (Phi) is 4.50. The van der Waals surface area contributed by atoms with E-state index in [0.717, 1.165) is 11.1 Å². The van der Waals surface area contributed by atoms with Gasteiger partial charge < -0.3 is 0 Å². The number of alkyl halides is 1. The number of halogens is 1. The van der Waals surface area contributed by atoms with Crippen molar-refractivity contribution in [3.63, 3.8) is 0 Å². The zero-order valence-electron chi connectivity index (χ0n) is 11.3. The van der Waals surface area contributed by atoms with E-state index in [4.69, 9.17) is 0 Å². The van der Waals surface area contributed by atoms with Crippen LogP contribution in [0.2, 0.25) is 0 Å². The summed E-state index contributed by atoms with van der Waals surface area (Å²) in [7, 11) is -3.57. The van der Waals surface area contributed by atoms with Crippen LogP contribution in [0, 0.1) is 6.92 Å². The molecule has 1 N–H and O–H groups in total. The number of para-hydroxylation sites is 1. The van der Waals surface area contributed by atoms with Crippen LogP contribution in [0.15, 0.2) is 53.4 Å². The zero-order valence-corrected chi connectivity index (χ0v) is 13.7. The molecule has 0 saturated carbocycles. The molecule has 0 spiro atoms. The maximum atomic E-state index is 12.5. The number of aryl methyl sites for hydroxylation is 1. The lowest BCUT2D eigenvalue weighted by molar-refractivity contribution is 0.600. The normalized spacial score (nSPS) is 12.9. The summed E-state index contributed by atoms with van der Waals surface area (Å²) in [6.45, 7) is 3.74. The molecule has 1 atom stereocenters. The van der Waals surface area contributed by atoms with Gasteiger partial charge >= 0.3 is 0 Å². The largest absolute Gasteiger partial charge is 0.279 e. The molecule has 0 radical (unpaired) electrons. The van der Waals surface area contributed by atoms with Gasteiger partial charge in [0, 0.05) is 4.83 Å². The van der Waals surface area contributed by atoms with Crippen LogP contribution >= 0.6 is 15.9 Å². The van der Waals surface area contributed by atoms with E-state index < -0.39 is 10.0 Å². The maximum absolute atomic E-state index is 12.5. The molecule has 2 aromatic carbocycles. The molecule has 0 aliphatic rings. The molecule has 5 heteroatoms. The van der Waals surface area contributed by atoms with Crippen LogP contribution < -0.4 is 4.72 Å². The summed E-state index contributed by atoms with van der Waals surface area (Å²) in [4.78, 5) is 0.371. The molecule has 20 heavy (non-hydrogen) atoms. The average molecular weight is 354 g/mol. The molecule has 0 bridgehead atoms. The molecule has 0 aromatic heterocycles. The van der Waals surface area contributed by atoms with Gasteiger partial charge in [0.05, 0.1) is 10.6 Å². The van der Waals surface area contributed by atoms with Crippen molar-refractivity contribution in [2.75, 3.05) is 4.72 Å². The average Bonchev–Trinajstić information content (AvgIpc) is 2.39. The summed E-state index contributed by atoms with van der Waals surface area (Å²) in [5, 5.41) is 0. The minimum atomic E-state index is -3.57. The van der Waals surface area contributed by atoms with Crippen molar-refractivity contribution in [2.45, 2.75) is 23.6 Å². The van der Waals surface area contributed by atoms with E-state index in [-0.39, 0.29) is 4.83 Å². The van der Waals surface area contributed by atoms with Gasteiger partial charge in [0.1, 0.15) is 0 Å². The summed E-state index contributed by atoms with van der Waals surface area (Å²) in [5.41, 5.74) is 2.23. The third-order valence-corrected chi connectivity index (χ3v) is 5.04. The molecule has 0 aliphatic carbocycles. The van der Waals surface area contributed by atoms with E-state index in [9.17, 15) is 8.42 Å². The standard InChI is InChI=1S/C15H16BrNO2S/c1-11-7-3-6-10-15(11)20(18,19)17-14-9-5-4-8-13(14)12(2)16/h3-10,12,17H,1-2H3. The van der Waals surface area contributed by atoms with Crippen LogP contribution in [0.5, 0.6) is 0 Å². The third-order valence-electron chi connectivity index (χ3n) is 3.02. The van der Waals surface area contributed by atoms with E-state index >= 15 is 0 Å². The van der Waals surface area contributed by atoms with Gasteiger partial charge in [0.25, 0.3) is 10.0 Å². The van der Waals surface area contributed by atoms with E-state index in [1.54, 1.807) is 31.2 Å². The minimum absolute atomic E-state index is 0.0678. The van der Waals surface area contributed by atoms with Gasteiger partial charge in [-0.2, -0.15) is 0 Å². The summed E-state index contributed by atoms with van der Waals surface area (Å²) in [6, 6.07) is 14.3. The summed E-state index contributed by atoms with van der Waals surface area (Å²) >= 11 is 3.48. The highest BCUT2D eigenvalue weighted by molar-refractivity contribution is 9.09. The molecule has 2 aromatic rings. The Morgan fingerprint density at radius 3 is 2.30 bits per heavy atom. The maximum Gasteiger partial charge on any atom is 0.262 e. The highest BCUT2D eigenvalue weighted by Gasteiger charge is 2.18. The van der Waals surface area contributed by atoms with Gasteiger partial charge in [-0.15, -0.1) is 0 Å². The Hall–Kier alpha value is -1.33. The first-order valence-electron chi connectivity index (χ1n) is 6.23. The smallest absolute Gasteiger partial charge is 0.262 e. The number of hydrogen-bond acceptors (Lipinski definition) is 2. The summed E-state index contributed by atoms with van der Waals surface area (Å²) in [5.74, 6) is 0. The fourth-order valence-electron chi connectivity index (χ4n) is 1.99. The second kappa shape index (κ2) is 5.97. The van der Waals surface area contributed by atoms with Crippen molar-refractivity contribution in [1.29, 1.82) is 0 Å². The molecule has 106 valence electrons. The van der Waals surface area contributed by atoms with Crippen LogP contribution in [0.25, 0.3) is 0 Å². The molecule has 0 heterocycles. The number of benzene rings is 2. The van der Waals surface area contributed by atoms with Gasteiger partial charge in [-0.1, -0.05) is 52.3 Å². The van der Waals surface area contributed by atoms with Crippen molar-refractivity contribution in [1.82, 2.24) is 0 Å². The summed E-state index contributed by atoms with van der Waals surface area (Å²) in [6.07, 6.45) is 0. The number of sulfonamides is 1. The molecule has 1 unspecified atom stereocenters. The van der Waals surface area contributed by atoms with Gasteiger partial charge in [-0.25, -0.2) is 8.42 Å². The van der Waals surface area contributed by atoms with Crippen molar-refractivity contribution >= 4 is 31.6 Å². The fourth-order valence-corrected chi connectivity index (χ4v) is 3.73. The van der Waals surface area contributed by atoms with E-state index in [1.165, 1.54) is 0 Å². The number of anilines is 1. The SMILES string of the molecule is Cc1ccccc1S(=O)(=O)Nc1ccccc1C(C)Br. The lowest BCUT2D eigenvalue weighted by Crippen LogP contribution is -2.15. The van der Waals surface area contributed by atoms with Crippen LogP contribution in [-0.2, 0) is 10.0 Å². The Labute approximate surface area is 128 Å². The van der Waals surface area contributed by atoms with Crippen molar-refractivity contribution in [3.8, 4) is 0 Å². The first-order valence-corrected chi connectivity index (χ1v) is 8.63. The molecule has 0 aliphatic heterocycles. The Morgan fingerprint density at radius 1 is 1.05 bits per heavy atom. The second-order valence-electron chi connectivity index (χ2n) is 4.57. The Morgan fingerprint density at radius 2 is 1.65 bits per heavy atom. The van der Waals surface area contributed by atoms with Gasteiger partial charge in [-0.05, 0) is 37.1 Å². The highest BCUT2D eigenvalue weighted by atomic mass is 79.9. The molecule has 0 saturated heterocycles. The van der Waals surface area contributed by atoms with Crippen LogP contribution in [0.3, 0.4) is 0 Å². The topological polar surface area (TPSA) is 46.2 Å². The van der Waals surface area contributed by atoms with E-state index in [1.807, 2.05) is 31.2 Å². The number of rotatable bonds is 4. The molecule has 2 rings (SSSR count). The van der Waals surface area contributed by atoms with Crippen LogP contribution in [0.1, 0.15) is 22.9 Å². The fraction of sp³-hybridized carbons (Fsp3) is 0.200. The predicted molar refractivity (Wildman–Crippen MR) is 85.8 cm³/mol. The Balaban J connectivity index is 2.42. The molecule has 0 amide bonds. The van der Waals surface area contributed by atoms with Gasteiger partial charge in [0.15, 0.2) is 0 Å². The van der Waals surface area contributed by atoms with E-state index in [2.05, 4.69) is 20.7 Å². The lowest BCUT2D eigenvalue weighted by Gasteiger charge is -2.15. The molecular weight excluding hydrogens is 338 g/mol. The second-order valence-corrected chi connectivity index (χ2v) is 7.60. The van der Waals surface area contributed by atoms with Crippen molar-refractivity contribution < 1.29 is 8.42 Å². The first-order chi connectivity index (χ1) is 9.42. The first kappa shape index (κ1) is 15.1. The van der Waals surface area contributed by atoms with Gasteiger partial charge in [-0.3, -0.25) is 4.72 Å². The van der Waals surface area contributed by atoms with E-state index in [0.29, 0.717) is 10.6 Å². The van der Waals surface area contributed by atoms with Crippen LogP contribution in [0.4, 0.5) is 5.69 Å². The predicted octanol–water partition coefficient (Wildman–Crippen LogP) is 4.25. The van der Waals surface area contributed by atoms with Crippen molar-refractivity contribution in [3.05, 3.63) is 59.7 Å². The minimum Gasteiger partial charge on any atom is -0.279 e. The third kappa shape index (κ3) is 3.22. The number of nitrogens with one attached hydrogen (secondary N) is 1.